The van der Waals surface area contributed by atoms with E-state index in [0.29, 0.717) is 12.1 Å². The summed E-state index contributed by atoms with van der Waals surface area (Å²) in [6, 6.07) is 8.42. The van der Waals surface area contributed by atoms with E-state index < -0.39 is 0 Å². The van der Waals surface area contributed by atoms with Gasteiger partial charge < -0.3 is 10.4 Å². The lowest BCUT2D eigenvalue weighted by Crippen LogP contribution is -2.23. The molecule has 1 aromatic heterocycles. The van der Waals surface area contributed by atoms with Crippen molar-refractivity contribution in [3.63, 3.8) is 0 Å². The molecule has 0 aliphatic carbocycles. The average molecular weight is 242 g/mol. The molecule has 0 bridgehead atoms. The Bertz CT molecular complexity index is 553. The van der Waals surface area contributed by atoms with Crippen LogP contribution in [-0.2, 0) is 6.54 Å². The Balaban J connectivity index is 2.04. The first-order valence-corrected chi connectivity index (χ1v) is 5.63. The molecule has 0 atom stereocenters. The summed E-state index contributed by atoms with van der Waals surface area (Å²) in [7, 11) is 0. The summed E-state index contributed by atoms with van der Waals surface area (Å²) < 4.78 is 0. The van der Waals surface area contributed by atoms with Crippen LogP contribution in [0.2, 0.25) is 0 Å². The molecule has 1 heterocycles. The quantitative estimate of drug-likeness (QED) is 0.865. The minimum absolute atomic E-state index is 0.156. The molecule has 0 fully saturated rings. The second kappa shape index (κ2) is 5.31. The Kier molecular flexibility index (Phi) is 3.57. The molecule has 92 valence electrons. The van der Waals surface area contributed by atoms with Gasteiger partial charge in [0.2, 0.25) is 0 Å². The summed E-state index contributed by atoms with van der Waals surface area (Å²) >= 11 is 0. The summed E-state index contributed by atoms with van der Waals surface area (Å²) in [5.74, 6) is 0.00709. The number of hydrogen-bond donors (Lipinski definition) is 2. The Morgan fingerprint density at radius 2 is 2.22 bits per heavy atom. The molecule has 0 spiro atoms. The average Bonchev–Trinajstić information content (AvgIpc) is 2.37. The number of hydrogen-bond acceptors (Lipinski definition) is 3. The van der Waals surface area contributed by atoms with E-state index in [1.165, 1.54) is 6.07 Å². The van der Waals surface area contributed by atoms with E-state index >= 15 is 0 Å². The fourth-order valence-electron chi connectivity index (χ4n) is 1.68. The molecule has 18 heavy (non-hydrogen) atoms. The molecule has 0 aliphatic heterocycles. The number of aromatic hydroxyl groups is 1. The summed E-state index contributed by atoms with van der Waals surface area (Å²) in [5, 5.41) is 12.1. The standard InChI is InChI=1S/C14H14N2O2/c1-10-7-12(17)4-5-13(10)14(18)16-9-11-3-2-6-15-8-11/h2-8,17H,9H2,1H3,(H,16,18). The third-order valence-corrected chi connectivity index (χ3v) is 2.63. The maximum absolute atomic E-state index is 11.9. The van der Waals surface area contributed by atoms with Crippen LogP contribution in [0.25, 0.3) is 0 Å². The van der Waals surface area contributed by atoms with E-state index in [1.807, 2.05) is 12.1 Å². The highest BCUT2D eigenvalue weighted by Crippen LogP contribution is 2.15. The third-order valence-electron chi connectivity index (χ3n) is 2.63. The molecule has 0 saturated heterocycles. The van der Waals surface area contributed by atoms with Crippen LogP contribution in [0, 0.1) is 6.92 Å². The number of phenols is 1. The number of phenolic OH excluding ortho intramolecular Hbond substituents is 1. The largest absolute Gasteiger partial charge is 0.508 e. The van der Waals surface area contributed by atoms with Crippen LogP contribution in [0.3, 0.4) is 0 Å². The minimum Gasteiger partial charge on any atom is -0.508 e. The van der Waals surface area contributed by atoms with Crippen molar-refractivity contribution in [1.29, 1.82) is 0 Å². The lowest BCUT2D eigenvalue weighted by molar-refractivity contribution is 0.0950. The highest BCUT2D eigenvalue weighted by Gasteiger charge is 2.08. The normalized spacial score (nSPS) is 10.1. The Morgan fingerprint density at radius 3 is 2.89 bits per heavy atom. The van der Waals surface area contributed by atoms with Gasteiger partial charge in [0.05, 0.1) is 0 Å². The smallest absolute Gasteiger partial charge is 0.251 e. The van der Waals surface area contributed by atoms with Crippen LogP contribution in [0.1, 0.15) is 21.5 Å². The fourth-order valence-corrected chi connectivity index (χ4v) is 1.68. The van der Waals surface area contributed by atoms with Crippen LogP contribution in [0.15, 0.2) is 42.7 Å². The molecule has 4 heteroatoms. The maximum Gasteiger partial charge on any atom is 0.251 e. The Hall–Kier alpha value is -2.36. The SMILES string of the molecule is Cc1cc(O)ccc1C(=O)NCc1cccnc1. The molecule has 2 aromatic rings. The Labute approximate surface area is 105 Å². The zero-order valence-corrected chi connectivity index (χ0v) is 10.1. The van der Waals surface area contributed by atoms with Crippen molar-refractivity contribution in [3.8, 4) is 5.75 Å². The second-order valence-corrected chi connectivity index (χ2v) is 4.04. The van der Waals surface area contributed by atoms with Gasteiger partial charge in [0, 0.05) is 24.5 Å². The number of aryl methyl sites for hydroxylation is 1. The molecule has 2 rings (SSSR count). The predicted molar refractivity (Wildman–Crippen MR) is 68.3 cm³/mol. The monoisotopic (exact) mass is 242 g/mol. The van der Waals surface area contributed by atoms with Crippen molar-refractivity contribution in [3.05, 3.63) is 59.4 Å². The number of nitrogens with zero attached hydrogens (tertiary/aromatic N) is 1. The summed E-state index contributed by atoms with van der Waals surface area (Å²) in [4.78, 5) is 15.9. The van der Waals surface area contributed by atoms with Crippen molar-refractivity contribution in [2.75, 3.05) is 0 Å². The number of amides is 1. The number of pyridine rings is 1. The van der Waals surface area contributed by atoms with Crippen LogP contribution in [-0.4, -0.2) is 16.0 Å². The number of carbonyl (C=O) groups is 1. The number of benzene rings is 1. The zero-order chi connectivity index (χ0) is 13.0. The van der Waals surface area contributed by atoms with Crippen LogP contribution < -0.4 is 5.32 Å². The van der Waals surface area contributed by atoms with E-state index in [-0.39, 0.29) is 11.7 Å². The molecular formula is C14H14N2O2. The van der Waals surface area contributed by atoms with E-state index in [9.17, 15) is 9.90 Å². The van der Waals surface area contributed by atoms with Crippen LogP contribution >= 0.6 is 0 Å². The van der Waals surface area contributed by atoms with Gasteiger partial charge >= 0.3 is 0 Å². The highest BCUT2D eigenvalue weighted by atomic mass is 16.3. The van der Waals surface area contributed by atoms with Gasteiger partial charge in [-0.15, -0.1) is 0 Å². The van der Waals surface area contributed by atoms with Gasteiger partial charge in [0.1, 0.15) is 5.75 Å². The van der Waals surface area contributed by atoms with E-state index in [1.54, 1.807) is 31.5 Å². The maximum atomic E-state index is 11.9. The molecule has 4 nitrogen and oxygen atoms in total. The van der Waals surface area contributed by atoms with Gasteiger partial charge in [-0.05, 0) is 42.3 Å². The lowest BCUT2D eigenvalue weighted by atomic mass is 10.1. The van der Waals surface area contributed by atoms with Crippen molar-refractivity contribution >= 4 is 5.91 Å². The number of carbonyl (C=O) groups excluding carboxylic acids is 1. The molecule has 2 N–H and O–H groups in total. The van der Waals surface area contributed by atoms with Gasteiger partial charge in [0.25, 0.3) is 5.91 Å². The summed E-state index contributed by atoms with van der Waals surface area (Å²) in [6.45, 7) is 2.23. The van der Waals surface area contributed by atoms with Gasteiger partial charge in [-0.25, -0.2) is 0 Å². The predicted octanol–water partition coefficient (Wildman–Crippen LogP) is 2.03. The number of rotatable bonds is 3. The third kappa shape index (κ3) is 2.85. The molecule has 0 radical (unpaired) electrons. The fraction of sp³-hybridized carbons (Fsp3) is 0.143. The van der Waals surface area contributed by atoms with E-state index in [0.717, 1.165) is 11.1 Å². The van der Waals surface area contributed by atoms with E-state index in [2.05, 4.69) is 10.3 Å². The lowest BCUT2D eigenvalue weighted by Gasteiger charge is -2.07. The zero-order valence-electron chi connectivity index (χ0n) is 10.1. The van der Waals surface area contributed by atoms with Gasteiger partial charge in [-0.2, -0.15) is 0 Å². The molecule has 1 amide bonds. The molecule has 0 saturated carbocycles. The molecular weight excluding hydrogens is 228 g/mol. The van der Waals surface area contributed by atoms with Crippen molar-refractivity contribution in [1.82, 2.24) is 10.3 Å². The second-order valence-electron chi connectivity index (χ2n) is 4.04. The molecule has 1 aromatic carbocycles. The first-order valence-electron chi connectivity index (χ1n) is 5.63. The van der Waals surface area contributed by atoms with Crippen molar-refractivity contribution < 1.29 is 9.90 Å². The highest BCUT2D eigenvalue weighted by molar-refractivity contribution is 5.95. The number of nitrogens with one attached hydrogen (secondary N) is 1. The summed E-state index contributed by atoms with van der Waals surface area (Å²) in [6.07, 6.45) is 3.40. The van der Waals surface area contributed by atoms with Gasteiger partial charge in [-0.1, -0.05) is 6.07 Å². The molecule has 0 aliphatic rings. The van der Waals surface area contributed by atoms with Crippen LogP contribution in [0.5, 0.6) is 5.75 Å². The number of aromatic nitrogens is 1. The molecule has 0 unspecified atom stereocenters. The first-order chi connectivity index (χ1) is 8.66. The Morgan fingerprint density at radius 1 is 1.39 bits per heavy atom. The van der Waals surface area contributed by atoms with Crippen molar-refractivity contribution in [2.45, 2.75) is 13.5 Å². The minimum atomic E-state index is -0.156. The topological polar surface area (TPSA) is 62.2 Å². The van der Waals surface area contributed by atoms with E-state index in [4.69, 9.17) is 0 Å². The van der Waals surface area contributed by atoms with Crippen molar-refractivity contribution in [2.24, 2.45) is 0 Å². The summed E-state index contributed by atoms with van der Waals surface area (Å²) in [5.41, 5.74) is 2.26. The van der Waals surface area contributed by atoms with Gasteiger partial charge in [-0.3, -0.25) is 9.78 Å². The van der Waals surface area contributed by atoms with Crippen LogP contribution in [0.4, 0.5) is 0 Å². The van der Waals surface area contributed by atoms with Gasteiger partial charge in [0.15, 0.2) is 0 Å². The first kappa shape index (κ1) is 12.1.